The molecule has 1 amide bonds. The monoisotopic (exact) mass is 389 g/mol. The van der Waals surface area contributed by atoms with E-state index in [-0.39, 0.29) is 23.8 Å². The quantitative estimate of drug-likeness (QED) is 0.559. The zero-order chi connectivity index (χ0) is 20.3. The molecule has 1 aromatic heterocycles. The summed E-state index contributed by atoms with van der Waals surface area (Å²) in [5.74, 6) is -0.208. The number of halogens is 1. The molecule has 2 aromatic rings. The molecule has 1 aliphatic rings. The molecule has 1 fully saturated rings. The van der Waals surface area contributed by atoms with Crippen LogP contribution >= 0.6 is 0 Å². The van der Waals surface area contributed by atoms with Crippen LogP contribution in [0.25, 0.3) is 0 Å². The molecule has 1 aliphatic heterocycles. The van der Waals surface area contributed by atoms with E-state index in [4.69, 9.17) is 0 Å². The highest BCUT2D eigenvalue weighted by Gasteiger charge is 2.24. The van der Waals surface area contributed by atoms with Gasteiger partial charge in [-0.15, -0.1) is 0 Å². The number of benzene rings is 1. The molecule has 3 rings (SSSR count). The zero-order valence-corrected chi connectivity index (χ0v) is 16.1. The van der Waals surface area contributed by atoms with Gasteiger partial charge in [-0.3, -0.25) is 24.5 Å². The molecule has 8 nitrogen and oxygen atoms in total. The number of nitro groups is 1. The minimum Gasteiger partial charge on any atom is -0.340 e. The highest BCUT2D eigenvalue weighted by atomic mass is 19.1. The number of piperazine rings is 1. The van der Waals surface area contributed by atoms with E-state index in [0.29, 0.717) is 56.2 Å². The van der Waals surface area contributed by atoms with Crippen LogP contribution in [-0.4, -0.2) is 56.6 Å². The maximum atomic E-state index is 13.8. The summed E-state index contributed by atoms with van der Waals surface area (Å²) in [5, 5.41) is 15.2. The second-order valence-corrected chi connectivity index (χ2v) is 7.00. The minimum atomic E-state index is -0.440. The van der Waals surface area contributed by atoms with Crippen molar-refractivity contribution < 1.29 is 14.1 Å². The smallest absolute Gasteiger partial charge is 0.312 e. The summed E-state index contributed by atoms with van der Waals surface area (Å²) in [6, 6.07) is 6.73. The molecule has 2 heterocycles. The average Bonchev–Trinajstić information content (AvgIpc) is 2.95. The summed E-state index contributed by atoms with van der Waals surface area (Å²) in [5.41, 5.74) is 1.49. The molecule has 150 valence electrons. The van der Waals surface area contributed by atoms with Gasteiger partial charge < -0.3 is 4.90 Å². The average molecular weight is 389 g/mol. The maximum absolute atomic E-state index is 13.8. The minimum absolute atomic E-state index is 0.000692. The van der Waals surface area contributed by atoms with E-state index < -0.39 is 4.92 Å². The van der Waals surface area contributed by atoms with Crippen LogP contribution in [0.15, 0.2) is 24.3 Å². The van der Waals surface area contributed by atoms with E-state index in [1.165, 1.54) is 10.7 Å². The van der Waals surface area contributed by atoms with Gasteiger partial charge >= 0.3 is 5.69 Å². The molecule has 0 N–H and O–H groups in total. The Kier molecular flexibility index (Phi) is 6.03. The SMILES string of the molecule is Cc1nn(CCC(=O)N2CCN(Cc3ccccc3F)CC2)c(C)c1[N+](=O)[O-]. The summed E-state index contributed by atoms with van der Waals surface area (Å²) in [6.07, 6.45) is 0.242. The van der Waals surface area contributed by atoms with E-state index >= 15 is 0 Å². The molecule has 0 saturated carbocycles. The number of aromatic nitrogens is 2. The Labute approximate surface area is 162 Å². The predicted octanol–water partition coefficient (Wildman–Crippen LogP) is 2.28. The Morgan fingerprint density at radius 1 is 1.21 bits per heavy atom. The molecule has 0 aliphatic carbocycles. The number of nitrogens with zero attached hydrogens (tertiary/aromatic N) is 5. The lowest BCUT2D eigenvalue weighted by atomic mass is 10.2. The number of amides is 1. The molecule has 1 aromatic carbocycles. The Balaban J connectivity index is 1.50. The maximum Gasteiger partial charge on any atom is 0.312 e. The fourth-order valence-corrected chi connectivity index (χ4v) is 3.55. The topological polar surface area (TPSA) is 84.5 Å². The van der Waals surface area contributed by atoms with Gasteiger partial charge in [0.2, 0.25) is 5.91 Å². The van der Waals surface area contributed by atoms with Gasteiger partial charge in [0.15, 0.2) is 0 Å². The fourth-order valence-electron chi connectivity index (χ4n) is 3.55. The van der Waals surface area contributed by atoms with Gasteiger partial charge in [0, 0.05) is 44.7 Å². The fraction of sp³-hybridized carbons (Fsp3) is 0.474. The highest BCUT2D eigenvalue weighted by Crippen LogP contribution is 2.22. The molecule has 0 spiro atoms. The first-order valence-corrected chi connectivity index (χ1v) is 9.28. The van der Waals surface area contributed by atoms with Crippen molar-refractivity contribution in [1.82, 2.24) is 19.6 Å². The Morgan fingerprint density at radius 2 is 1.89 bits per heavy atom. The molecule has 1 saturated heterocycles. The lowest BCUT2D eigenvalue weighted by Gasteiger charge is -2.34. The van der Waals surface area contributed by atoms with Crippen LogP contribution in [-0.2, 0) is 17.9 Å². The first-order chi connectivity index (χ1) is 13.4. The van der Waals surface area contributed by atoms with Crippen LogP contribution in [0.4, 0.5) is 10.1 Å². The van der Waals surface area contributed by atoms with Gasteiger partial charge in [0.25, 0.3) is 0 Å². The molecule has 0 bridgehead atoms. The molecule has 0 radical (unpaired) electrons. The first-order valence-electron chi connectivity index (χ1n) is 9.28. The van der Waals surface area contributed by atoms with E-state index in [1.807, 2.05) is 6.07 Å². The molecule has 9 heteroatoms. The van der Waals surface area contributed by atoms with Crippen molar-refractivity contribution in [3.05, 3.63) is 57.1 Å². The summed E-state index contributed by atoms with van der Waals surface area (Å²) in [4.78, 5) is 27.1. The summed E-state index contributed by atoms with van der Waals surface area (Å²) < 4.78 is 15.3. The number of carbonyl (C=O) groups is 1. The van der Waals surface area contributed by atoms with Crippen LogP contribution in [0.5, 0.6) is 0 Å². The predicted molar refractivity (Wildman–Crippen MR) is 101 cm³/mol. The van der Waals surface area contributed by atoms with E-state index in [0.717, 1.165) is 0 Å². The molecule has 28 heavy (non-hydrogen) atoms. The molecule has 0 atom stereocenters. The number of hydrogen-bond acceptors (Lipinski definition) is 5. The van der Waals surface area contributed by atoms with E-state index in [1.54, 1.807) is 30.9 Å². The van der Waals surface area contributed by atoms with Crippen molar-refractivity contribution in [2.45, 2.75) is 33.4 Å². The second kappa shape index (κ2) is 8.47. The molecule has 0 unspecified atom stereocenters. The van der Waals surface area contributed by atoms with Crippen LogP contribution in [0, 0.1) is 29.8 Å². The van der Waals surface area contributed by atoms with Crippen molar-refractivity contribution in [2.24, 2.45) is 0 Å². The normalized spacial score (nSPS) is 15.0. The third kappa shape index (κ3) is 4.36. The van der Waals surface area contributed by atoms with E-state index in [9.17, 15) is 19.3 Å². The van der Waals surface area contributed by atoms with Gasteiger partial charge in [-0.25, -0.2) is 4.39 Å². The third-order valence-electron chi connectivity index (χ3n) is 5.14. The second-order valence-electron chi connectivity index (χ2n) is 7.00. The van der Waals surface area contributed by atoms with Gasteiger partial charge in [-0.2, -0.15) is 5.10 Å². The third-order valence-corrected chi connectivity index (χ3v) is 5.14. The lowest BCUT2D eigenvalue weighted by Crippen LogP contribution is -2.48. The number of hydrogen-bond donors (Lipinski definition) is 0. The highest BCUT2D eigenvalue weighted by molar-refractivity contribution is 5.76. The standard InChI is InChI=1S/C19H24FN5O3/c1-14-19(25(27)28)15(2)24(21-14)8-7-18(26)23-11-9-22(10-12-23)13-16-5-3-4-6-17(16)20/h3-6H,7-13H2,1-2H3. The van der Waals surface area contributed by atoms with Gasteiger partial charge in [-0.05, 0) is 19.9 Å². The first kappa shape index (κ1) is 19.9. The number of rotatable bonds is 6. The Morgan fingerprint density at radius 3 is 2.50 bits per heavy atom. The van der Waals surface area contributed by atoms with E-state index in [2.05, 4.69) is 10.00 Å². The van der Waals surface area contributed by atoms with Crippen molar-refractivity contribution in [1.29, 1.82) is 0 Å². The van der Waals surface area contributed by atoms with Crippen molar-refractivity contribution in [3.63, 3.8) is 0 Å². The Bertz CT molecular complexity index is 874. The van der Waals surface area contributed by atoms with Crippen molar-refractivity contribution in [3.8, 4) is 0 Å². The number of aryl methyl sites for hydroxylation is 2. The van der Waals surface area contributed by atoms with Crippen LogP contribution in [0.1, 0.15) is 23.4 Å². The van der Waals surface area contributed by atoms with Crippen LogP contribution in [0.2, 0.25) is 0 Å². The zero-order valence-electron chi connectivity index (χ0n) is 16.1. The van der Waals surface area contributed by atoms with Crippen molar-refractivity contribution >= 4 is 11.6 Å². The van der Waals surface area contributed by atoms with Gasteiger partial charge in [-0.1, -0.05) is 18.2 Å². The number of carbonyl (C=O) groups excluding carboxylic acids is 1. The molecular formula is C19H24FN5O3. The van der Waals surface area contributed by atoms with Crippen molar-refractivity contribution in [2.75, 3.05) is 26.2 Å². The van der Waals surface area contributed by atoms with Gasteiger partial charge in [0.1, 0.15) is 17.2 Å². The summed E-state index contributed by atoms with van der Waals surface area (Å²) >= 11 is 0. The van der Waals surface area contributed by atoms with Crippen LogP contribution < -0.4 is 0 Å². The Hall–Kier alpha value is -2.81. The largest absolute Gasteiger partial charge is 0.340 e. The van der Waals surface area contributed by atoms with Crippen LogP contribution in [0.3, 0.4) is 0 Å². The summed E-state index contributed by atoms with van der Waals surface area (Å²) in [7, 11) is 0. The lowest BCUT2D eigenvalue weighted by molar-refractivity contribution is -0.386. The molecular weight excluding hydrogens is 365 g/mol. The van der Waals surface area contributed by atoms with Gasteiger partial charge in [0.05, 0.1) is 11.5 Å². The summed E-state index contributed by atoms with van der Waals surface area (Å²) in [6.45, 7) is 6.63.